The standard InChI is InChI=1S/C6H6BClNO2/c1-11-4-2-5(7-10)6(8)9-3-4/h2-3,10H,1H3. The van der Waals surface area contributed by atoms with E-state index in [9.17, 15) is 0 Å². The largest absolute Gasteiger partial charge is 0.495 e. The molecule has 5 heteroatoms. The monoisotopic (exact) mass is 170 g/mol. The average Bonchev–Trinajstić information content (AvgIpc) is 2.05. The Hall–Kier alpha value is -0.735. The van der Waals surface area contributed by atoms with Gasteiger partial charge in [0.1, 0.15) is 10.9 Å². The average molecular weight is 170 g/mol. The summed E-state index contributed by atoms with van der Waals surface area (Å²) in [6.07, 6.45) is 1.48. The van der Waals surface area contributed by atoms with Crippen molar-refractivity contribution in [3.05, 3.63) is 17.4 Å². The Bertz CT molecular complexity index is 256. The van der Waals surface area contributed by atoms with E-state index < -0.39 is 0 Å². The van der Waals surface area contributed by atoms with Crippen molar-refractivity contribution in [3.8, 4) is 5.75 Å². The molecule has 0 aliphatic carbocycles. The third-order valence-electron chi connectivity index (χ3n) is 1.22. The molecule has 1 aromatic rings. The first-order valence-electron chi connectivity index (χ1n) is 2.95. The van der Waals surface area contributed by atoms with Gasteiger partial charge in [-0.05, 0) is 11.5 Å². The van der Waals surface area contributed by atoms with Crippen molar-refractivity contribution in [2.24, 2.45) is 0 Å². The zero-order valence-electron chi connectivity index (χ0n) is 5.91. The van der Waals surface area contributed by atoms with E-state index in [1.165, 1.54) is 13.3 Å². The first-order chi connectivity index (χ1) is 5.27. The van der Waals surface area contributed by atoms with E-state index in [-0.39, 0.29) is 5.15 Å². The van der Waals surface area contributed by atoms with Crippen LogP contribution in [0.25, 0.3) is 0 Å². The zero-order valence-corrected chi connectivity index (χ0v) is 6.67. The summed E-state index contributed by atoms with van der Waals surface area (Å²) in [5.41, 5.74) is 0.450. The highest BCUT2D eigenvalue weighted by atomic mass is 35.5. The van der Waals surface area contributed by atoms with Gasteiger partial charge in [0.05, 0.1) is 13.3 Å². The van der Waals surface area contributed by atoms with Gasteiger partial charge < -0.3 is 9.76 Å². The van der Waals surface area contributed by atoms with Crippen molar-refractivity contribution in [2.75, 3.05) is 7.11 Å². The molecule has 0 aliphatic heterocycles. The van der Waals surface area contributed by atoms with Gasteiger partial charge in [0, 0.05) is 0 Å². The van der Waals surface area contributed by atoms with Crippen LogP contribution in [0.3, 0.4) is 0 Å². The van der Waals surface area contributed by atoms with Crippen molar-refractivity contribution in [1.29, 1.82) is 0 Å². The smallest absolute Gasteiger partial charge is 0.330 e. The Morgan fingerprint density at radius 2 is 2.45 bits per heavy atom. The van der Waals surface area contributed by atoms with Crippen LogP contribution >= 0.6 is 11.6 Å². The summed E-state index contributed by atoms with van der Waals surface area (Å²) in [5, 5.41) is 8.89. The number of aromatic nitrogens is 1. The summed E-state index contributed by atoms with van der Waals surface area (Å²) >= 11 is 5.60. The minimum atomic E-state index is 0.258. The van der Waals surface area contributed by atoms with Crippen LogP contribution in [0.4, 0.5) is 0 Å². The van der Waals surface area contributed by atoms with E-state index in [0.717, 1.165) is 7.48 Å². The highest BCUT2D eigenvalue weighted by Crippen LogP contribution is 2.08. The molecule has 1 N–H and O–H groups in total. The van der Waals surface area contributed by atoms with Crippen LogP contribution < -0.4 is 10.2 Å². The summed E-state index contributed by atoms with van der Waals surface area (Å²) in [7, 11) is 2.41. The molecule has 0 aromatic carbocycles. The van der Waals surface area contributed by atoms with E-state index in [4.69, 9.17) is 21.4 Å². The van der Waals surface area contributed by atoms with Gasteiger partial charge in [0.15, 0.2) is 0 Å². The van der Waals surface area contributed by atoms with Crippen LogP contribution in [0, 0.1) is 0 Å². The Morgan fingerprint density at radius 1 is 1.73 bits per heavy atom. The molecule has 0 bridgehead atoms. The molecular formula is C6H6BClNO2. The molecule has 0 atom stereocenters. The number of hydrogen-bond donors (Lipinski definition) is 1. The summed E-state index contributed by atoms with van der Waals surface area (Å²) in [6, 6.07) is 1.59. The maximum atomic E-state index is 8.63. The topological polar surface area (TPSA) is 42.4 Å². The molecule has 3 nitrogen and oxygen atoms in total. The van der Waals surface area contributed by atoms with Crippen molar-refractivity contribution in [2.45, 2.75) is 0 Å². The number of methoxy groups -OCH3 is 1. The Balaban J connectivity index is 3.02. The maximum absolute atomic E-state index is 8.63. The van der Waals surface area contributed by atoms with Crippen molar-refractivity contribution in [1.82, 2.24) is 4.98 Å². The van der Waals surface area contributed by atoms with Gasteiger partial charge in [0.2, 0.25) is 0 Å². The third kappa shape index (κ3) is 1.85. The minimum absolute atomic E-state index is 0.258. The van der Waals surface area contributed by atoms with Gasteiger partial charge in [-0.3, -0.25) is 0 Å². The number of pyridine rings is 1. The lowest BCUT2D eigenvalue weighted by Gasteiger charge is -2.01. The zero-order chi connectivity index (χ0) is 8.27. The molecule has 0 spiro atoms. The molecule has 0 amide bonds. The number of rotatable bonds is 2. The van der Waals surface area contributed by atoms with E-state index in [2.05, 4.69) is 4.98 Å². The van der Waals surface area contributed by atoms with Crippen molar-refractivity contribution < 1.29 is 9.76 Å². The summed E-state index contributed by atoms with van der Waals surface area (Å²) in [6.45, 7) is 0. The first-order valence-corrected chi connectivity index (χ1v) is 3.32. The number of halogens is 1. The summed E-state index contributed by atoms with van der Waals surface area (Å²) < 4.78 is 4.86. The van der Waals surface area contributed by atoms with Crippen LogP contribution in [0.5, 0.6) is 5.75 Å². The molecular weight excluding hydrogens is 164 g/mol. The van der Waals surface area contributed by atoms with E-state index in [0.29, 0.717) is 11.2 Å². The Morgan fingerprint density at radius 3 is 3.00 bits per heavy atom. The molecule has 57 valence electrons. The molecule has 1 radical (unpaired) electrons. The van der Waals surface area contributed by atoms with Crippen molar-refractivity contribution >= 4 is 24.5 Å². The molecule has 1 heterocycles. The van der Waals surface area contributed by atoms with Gasteiger partial charge in [-0.2, -0.15) is 0 Å². The molecule has 1 rings (SSSR count). The quantitative estimate of drug-likeness (QED) is 0.501. The molecule has 0 unspecified atom stereocenters. The van der Waals surface area contributed by atoms with E-state index in [1.807, 2.05) is 0 Å². The van der Waals surface area contributed by atoms with Gasteiger partial charge in [-0.25, -0.2) is 4.98 Å². The molecule has 1 aromatic heterocycles. The summed E-state index contributed by atoms with van der Waals surface area (Å²) in [5.74, 6) is 0.565. The first kappa shape index (κ1) is 8.36. The Labute approximate surface area is 70.2 Å². The third-order valence-corrected chi connectivity index (χ3v) is 1.53. The number of nitrogens with zero attached hydrogens (tertiary/aromatic N) is 1. The van der Waals surface area contributed by atoms with Crippen molar-refractivity contribution in [3.63, 3.8) is 0 Å². The molecule has 0 aliphatic rings. The second-order valence-electron chi connectivity index (χ2n) is 1.88. The second-order valence-corrected chi connectivity index (χ2v) is 2.24. The van der Waals surface area contributed by atoms with Gasteiger partial charge in [-0.1, -0.05) is 11.6 Å². The minimum Gasteiger partial charge on any atom is -0.495 e. The van der Waals surface area contributed by atoms with Crippen LogP contribution in [0.15, 0.2) is 12.3 Å². The molecule has 0 saturated carbocycles. The highest BCUT2D eigenvalue weighted by molar-refractivity contribution is 6.52. The van der Waals surface area contributed by atoms with Crippen LogP contribution in [-0.2, 0) is 0 Å². The van der Waals surface area contributed by atoms with Crippen LogP contribution in [0.2, 0.25) is 5.15 Å². The van der Waals surface area contributed by atoms with Gasteiger partial charge >= 0.3 is 7.48 Å². The fraction of sp³-hybridized carbons (Fsp3) is 0.167. The maximum Gasteiger partial charge on any atom is 0.330 e. The fourth-order valence-corrected chi connectivity index (χ4v) is 0.799. The Kier molecular flexibility index (Phi) is 2.73. The van der Waals surface area contributed by atoms with Gasteiger partial charge in [-0.15, -0.1) is 0 Å². The SMILES string of the molecule is COc1cnc(Cl)c([B]O)c1. The molecule has 0 fully saturated rings. The predicted molar refractivity (Wildman–Crippen MR) is 43.4 cm³/mol. The van der Waals surface area contributed by atoms with E-state index >= 15 is 0 Å². The second kappa shape index (κ2) is 3.60. The summed E-state index contributed by atoms with van der Waals surface area (Å²) in [4.78, 5) is 3.77. The van der Waals surface area contributed by atoms with Crippen LogP contribution in [0.1, 0.15) is 0 Å². The van der Waals surface area contributed by atoms with E-state index in [1.54, 1.807) is 6.07 Å². The van der Waals surface area contributed by atoms with Crippen LogP contribution in [-0.4, -0.2) is 24.6 Å². The highest BCUT2D eigenvalue weighted by Gasteiger charge is 2.03. The lowest BCUT2D eigenvalue weighted by molar-refractivity contribution is 0.413. The number of hydrogen-bond acceptors (Lipinski definition) is 3. The molecule has 11 heavy (non-hydrogen) atoms. The fourth-order valence-electron chi connectivity index (χ4n) is 0.647. The number of ether oxygens (including phenoxy) is 1. The predicted octanol–water partition coefficient (Wildman–Crippen LogP) is -0.0196. The van der Waals surface area contributed by atoms with Gasteiger partial charge in [0.25, 0.3) is 0 Å². The molecule has 0 saturated heterocycles. The lowest BCUT2D eigenvalue weighted by Crippen LogP contribution is -2.16. The normalized spacial score (nSPS) is 9.36. The lowest BCUT2D eigenvalue weighted by atomic mass is 9.90.